The zero-order valence-electron chi connectivity index (χ0n) is 15.1. The van der Waals surface area contributed by atoms with Gasteiger partial charge in [0.25, 0.3) is 11.5 Å². The quantitative estimate of drug-likeness (QED) is 0.766. The third-order valence-electron chi connectivity index (χ3n) is 5.16. The monoisotopic (exact) mass is 371 g/mol. The van der Waals surface area contributed by atoms with E-state index in [9.17, 15) is 9.59 Å². The first-order valence-electron chi connectivity index (χ1n) is 8.80. The minimum atomic E-state index is -0.101. The van der Waals surface area contributed by atoms with Gasteiger partial charge in [-0.25, -0.2) is 14.5 Å². The molecule has 1 aliphatic rings. The highest BCUT2D eigenvalue weighted by Crippen LogP contribution is 2.28. The summed E-state index contributed by atoms with van der Waals surface area (Å²) in [4.78, 5) is 36.6. The zero-order chi connectivity index (χ0) is 18.4. The van der Waals surface area contributed by atoms with Gasteiger partial charge in [0.2, 0.25) is 0 Å². The summed E-state index contributed by atoms with van der Waals surface area (Å²) >= 11 is 1.38. The zero-order valence-corrected chi connectivity index (χ0v) is 15.9. The van der Waals surface area contributed by atoms with E-state index in [2.05, 4.69) is 10.1 Å². The average Bonchev–Trinajstić information content (AvgIpc) is 3.34. The molecule has 4 heterocycles. The van der Waals surface area contributed by atoms with Crippen LogP contribution in [-0.4, -0.2) is 43.5 Å². The van der Waals surface area contributed by atoms with Gasteiger partial charge in [-0.1, -0.05) is 6.92 Å². The molecule has 0 aromatic carbocycles. The molecule has 0 radical (unpaired) electrons. The number of aromatic nitrogens is 4. The minimum absolute atomic E-state index is 0.0244. The molecular formula is C18H21N5O2S. The molecule has 4 rings (SSSR count). The van der Waals surface area contributed by atoms with E-state index in [4.69, 9.17) is 4.98 Å². The molecule has 0 spiro atoms. The molecule has 1 saturated heterocycles. The molecule has 3 aromatic rings. The highest BCUT2D eigenvalue weighted by molar-refractivity contribution is 7.11. The lowest BCUT2D eigenvalue weighted by Crippen LogP contribution is -2.28. The van der Waals surface area contributed by atoms with Gasteiger partial charge in [-0.3, -0.25) is 14.7 Å². The van der Waals surface area contributed by atoms with Crippen molar-refractivity contribution in [2.45, 2.75) is 39.5 Å². The molecule has 1 N–H and O–H groups in total. The molecule has 0 saturated carbocycles. The molecule has 136 valence electrons. The molecule has 0 unspecified atom stereocenters. The number of rotatable bonds is 3. The van der Waals surface area contributed by atoms with E-state index in [1.807, 2.05) is 25.7 Å². The Hall–Kier alpha value is -2.48. The molecule has 1 aliphatic heterocycles. The van der Waals surface area contributed by atoms with Crippen molar-refractivity contribution in [1.82, 2.24) is 24.5 Å². The number of amides is 1. The summed E-state index contributed by atoms with van der Waals surface area (Å²) in [7, 11) is 0. The fourth-order valence-electron chi connectivity index (χ4n) is 3.60. The van der Waals surface area contributed by atoms with Gasteiger partial charge >= 0.3 is 0 Å². The van der Waals surface area contributed by atoms with Gasteiger partial charge in [0.1, 0.15) is 4.88 Å². The number of hydrogen-bond acceptors (Lipinski definition) is 5. The summed E-state index contributed by atoms with van der Waals surface area (Å²) in [5.41, 5.74) is 5.87. The van der Waals surface area contributed by atoms with Crippen LogP contribution in [0.2, 0.25) is 0 Å². The van der Waals surface area contributed by atoms with Crippen molar-refractivity contribution in [3.8, 4) is 0 Å². The van der Waals surface area contributed by atoms with Crippen LogP contribution < -0.4 is 5.56 Å². The molecule has 1 amide bonds. The van der Waals surface area contributed by atoms with E-state index in [0.717, 1.165) is 35.5 Å². The Morgan fingerprint density at radius 1 is 1.42 bits per heavy atom. The van der Waals surface area contributed by atoms with E-state index in [1.54, 1.807) is 11.6 Å². The van der Waals surface area contributed by atoms with Crippen LogP contribution in [0, 0.1) is 13.8 Å². The maximum atomic E-state index is 12.7. The van der Waals surface area contributed by atoms with E-state index in [0.29, 0.717) is 23.6 Å². The van der Waals surface area contributed by atoms with Crippen molar-refractivity contribution < 1.29 is 4.79 Å². The minimum Gasteiger partial charge on any atom is -0.337 e. The van der Waals surface area contributed by atoms with Crippen LogP contribution in [-0.2, 0) is 6.42 Å². The van der Waals surface area contributed by atoms with Gasteiger partial charge in [-0.05, 0) is 26.7 Å². The number of hydrogen-bond donors (Lipinski definition) is 1. The number of thiazole rings is 1. The second kappa shape index (κ2) is 6.35. The summed E-state index contributed by atoms with van der Waals surface area (Å²) in [6.07, 6.45) is 1.64. The Labute approximate surface area is 154 Å². The number of nitrogens with one attached hydrogen (secondary N) is 1. The number of carbonyl (C=O) groups excluding carboxylic acids is 1. The van der Waals surface area contributed by atoms with Crippen LogP contribution in [0.4, 0.5) is 0 Å². The molecule has 0 bridgehead atoms. The maximum Gasteiger partial charge on any atom is 0.272 e. The molecular weight excluding hydrogens is 350 g/mol. The second-order valence-corrected chi connectivity index (χ2v) is 7.61. The first-order chi connectivity index (χ1) is 12.5. The third kappa shape index (κ3) is 2.65. The number of likely N-dealkylation sites (tertiary alicyclic amines) is 1. The number of H-pyrrole nitrogens is 1. The topological polar surface area (TPSA) is 83.4 Å². The second-order valence-electron chi connectivity index (χ2n) is 6.75. The van der Waals surface area contributed by atoms with Crippen LogP contribution in [0.15, 0.2) is 16.4 Å². The molecule has 1 fully saturated rings. The Kier molecular flexibility index (Phi) is 4.14. The van der Waals surface area contributed by atoms with Crippen LogP contribution in [0.3, 0.4) is 0 Å². The van der Waals surface area contributed by atoms with Crippen LogP contribution in [0.5, 0.6) is 0 Å². The first kappa shape index (κ1) is 17.0. The van der Waals surface area contributed by atoms with E-state index >= 15 is 0 Å². The summed E-state index contributed by atoms with van der Waals surface area (Å²) in [6.45, 7) is 7.15. The average molecular weight is 371 g/mol. The number of aromatic amines is 1. The Balaban J connectivity index is 1.63. The number of nitrogens with zero attached hydrogens (tertiary/aromatic N) is 4. The predicted octanol–water partition coefficient (Wildman–Crippen LogP) is 2.29. The molecule has 26 heavy (non-hydrogen) atoms. The van der Waals surface area contributed by atoms with Gasteiger partial charge < -0.3 is 4.90 Å². The summed E-state index contributed by atoms with van der Waals surface area (Å²) in [5.74, 6) is 0.112. The highest BCUT2D eigenvalue weighted by Gasteiger charge is 2.31. The summed E-state index contributed by atoms with van der Waals surface area (Å²) in [5, 5.41) is 3.12. The lowest BCUT2D eigenvalue weighted by atomic mass is 10.0. The van der Waals surface area contributed by atoms with Crippen molar-refractivity contribution >= 4 is 22.9 Å². The third-order valence-corrected chi connectivity index (χ3v) is 6.08. The Morgan fingerprint density at radius 3 is 2.92 bits per heavy atom. The van der Waals surface area contributed by atoms with Gasteiger partial charge in [-0.15, -0.1) is 11.3 Å². The number of fused-ring (bicyclic) bond motifs is 1. The van der Waals surface area contributed by atoms with Gasteiger partial charge in [0, 0.05) is 36.3 Å². The van der Waals surface area contributed by atoms with Crippen LogP contribution >= 0.6 is 11.3 Å². The molecule has 3 aromatic heterocycles. The van der Waals surface area contributed by atoms with Crippen molar-refractivity contribution in [2.75, 3.05) is 13.1 Å². The standard InChI is InChI=1S/C18H21N5O2S/c1-4-13-10(2)17-20-14(7-15(24)23(17)21-13)12-5-6-22(8-12)18(25)16-11(3)19-9-26-16/h7,9,12,21H,4-6,8H2,1-3H3/t12-/m1/s1. The molecule has 0 aliphatic carbocycles. The molecule has 7 nitrogen and oxygen atoms in total. The molecule has 1 atom stereocenters. The van der Waals surface area contributed by atoms with Crippen molar-refractivity contribution in [1.29, 1.82) is 0 Å². The van der Waals surface area contributed by atoms with Gasteiger partial charge in [0.05, 0.1) is 16.9 Å². The molecule has 8 heteroatoms. The lowest BCUT2D eigenvalue weighted by Gasteiger charge is -2.15. The highest BCUT2D eigenvalue weighted by atomic mass is 32.1. The van der Waals surface area contributed by atoms with E-state index < -0.39 is 0 Å². The first-order valence-corrected chi connectivity index (χ1v) is 9.68. The largest absolute Gasteiger partial charge is 0.337 e. The van der Waals surface area contributed by atoms with Crippen LogP contribution in [0.1, 0.15) is 51.6 Å². The van der Waals surface area contributed by atoms with Gasteiger partial charge in [0.15, 0.2) is 5.65 Å². The Bertz CT molecular complexity index is 1050. The summed E-state index contributed by atoms with van der Waals surface area (Å²) < 4.78 is 1.51. The van der Waals surface area contributed by atoms with Crippen LogP contribution in [0.25, 0.3) is 5.65 Å². The normalized spacial score (nSPS) is 17.3. The lowest BCUT2D eigenvalue weighted by molar-refractivity contribution is 0.0794. The maximum absolute atomic E-state index is 12.7. The van der Waals surface area contributed by atoms with Crippen molar-refractivity contribution in [3.63, 3.8) is 0 Å². The smallest absolute Gasteiger partial charge is 0.272 e. The fourth-order valence-corrected chi connectivity index (χ4v) is 4.37. The SMILES string of the molecule is CCc1[nH]n2c(=O)cc([C@@H]3CCN(C(=O)c4scnc4C)C3)nc2c1C. The van der Waals surface area contributed by atoms with Crippen molar-refractivity contribution in [2.24, 2.45) is 0 Å². The summed E-state index contributed by atoms with van der Waals surface area (Å²) in [6, 6.07) is 1.60. The predicted molar refractivity (Wildman–Crippen MR) is 100 cm³/mol. The van der Waals surface area contributed by atoms with E-state index in [-0.39, 0.29) is 17.4 Å². The number of aryl methyl sites for hydroxylation is 3. The van der Waals surface area contributed by atoms with Gasteiger partial charge in [-0.2, -0.15) is 0 Å². The number of carbonyl (C=O) groups is 1. The Morgan fingerprint density at radius 2 is 2.23 bits per heavy atom. The fraction of sp³-hybridized carbons (Fsp3) is 0.444. The van der Waals surface area contributed by atoms with Crippen molar-refractivity contribution in [3.05, 3.63) is 49.5 Å². The van der Waals surface area contributed by atoms with E-state index in [1.165, 1.54) is 15.9 Å².